The SMILES string of the molecule is CCCCc1cc(C)nc(C)c1. The normalized spacial score (nSPS) is 10.2. The molecule has 0 saturated carbocycles. The number of rotatable bonds is 3. The first kappa shape index (κ1) is 9.24. The van der Waals surface area contributed by atoms with Gasteiger partial charge in [-0.3, -0.25) is 4.98 Å². The maximum Gasteiger partial charge on any atom is 0.0378 e. The van der Waals surface area contributed by atoms with Crippen molar-refractivity contribution in [1.82, 2.24) is 4.98 Å². The summed E-state index contributed by atoms with van der Waals surface area (Å²) in [5.41, 5.74) is 3.71. The Morgan fingerprint density at radius 1 is 1.17 bits per heavy atom. The smallest absolute Gasteiger partial charge is 0.0378 e. The minimum Gasteiger partial charge on any atom is -0.258 e. The molecule has 0 amide bonds. The lowest BCUT2D eigenvalue weighted by Crippen LogP contribution is -1.91. The third-order valence-electron chi connectivity index (χ3n) is 1.96. The van der Waals surface area contributed by atoms with Crippen molar-refractivity contribution < 1.29 is 0 Å². The number of hydrogen-bond donors (Lipinski definition) is 0. The number of pyridine rings is 1. The van der Waals surface area contributed by atoms with E-state index in [9.17, 15) is 0 Å². The zero-order valence-electron chi connectivity index (χ0n) is 8.22. The molecule has 0 atom stereocenters. The van der Waals surface area contributed by atoms with Crippen LogP contribution in [0, 0.1) is 13.8 Å². The van der Waals surface area contributed by atoms with Crippen LogP contribution in [0.1, 0.15) is 36.7 Å². The van der Waals surface area contributed by atoms with Gasteiger partial charge in [0.05, 0.1) is 0 Å². The highest BCUT2D eigenvalue weighted by atomic mass is 14.7. The molecule has 1 rings (SSSR count). The lowest BCUT2D eigenvalue weighted by Gasteiger charge is -2.02. The van der Waals surface area contributed by atoms with E-state index in [0.29, 0.717) is 0 Å². The second kappa shape index (κ2) is 4.24. The molecule has 1 heteroatoms. The van der Waals surface area contributed by atoms with Gasteiger partial charge in [0.25, 0.3) is 0 Å². The fraction of sp³-hybridized carbons (Fsp3) is 0.545. The first-order chi connectivity index (χ1) is 5.72. The summed E-state index contributed by atoms with van der Waals surface area (Å²) in [6, 6.07) is 4.37. The van der Waals surface area contributed by atoms with E-state index < -0.39 is 0 Å². The molecular weight excluding hydrogens is 146 g/mol. The van der Waals surface area contributed by atoms with E-state index in [0.717, 1.165) is 11.4 Å². The summed E-state index contributed by atoms with van der Waals surface area (Å²) >= 11 is 0. The van der Waals surface area contributed by atoms with Crippen molar-refractivity contribution in [2.75, 3.05) is 0 Å². The summed E-state index contributed by atoms with van der Waals surface area (Å²) in [7, 11) is 0. The molecule has 0 aromatic carbocycles. The number of nitrogens with zero attached hydrogens (tertiary/aromatic N) is 1. The summed E-state index contributed by atoms with van der Waals surface area (Å²) in [4.78, 5) is 4.34. The Labute approximate surface area is 74.8 Å². The molecule has 12 heavy (non-hydrogen) atoms. The average Bonchev–Trinajstić information content (AvgIpc) is 1.99. The maximum atomic E-state index is 4.34. The molecular formula is C11H17N. The first-order valence-corrected chi connectivity index (χ1v) is 4.66. The minimum atomic E-state index is 1.14. The van der Waals surface area contributed by atoms with Gasteiger partial charge >= 0.3 is 0 Å². The van der Waals surface area contributed by atoms with Crippen LogP contribution in [0.5, 0.6) is 0 Å². The topological polar surface area (TPSA) is 12.9 Å². The zero-order valence-corrected chi connectivity index (χ0v) is 8.22. The number of unbranched alkanes of at least 4 members (excludes halogenated alkanes) is 1. The molecule has 0 fully saturated rings. The van der Waals surface area contributed by atoms with Gasteiger partial charge in [0.15, 0.2) is 0 Å². The van der Waals surface area contributed by atoms with E-state index in [-0.39, 0.29) is 0 Å². The third-order valence-corrected chi connectivity index (χ3v) is 1.96. The monoisotopic (exact) mass is 163 g/mol. The summed E-state index contributed by atoms with van der Waals surface area (Å²) < 4.78 is 0. The summed E-state index contributed by atoms with van der Waals surface area (Å²) in [6.45, 7) is 6.34. The maximum absolute atomic E-state index is 4.34. The van der Waals surface area contributed by atoms with Crippen LogP contribution < -0.4 is 0 Å². The molecule has 0 aliphatic heterocycles. The van der Waals surface area contributed by atoms with Crippen molar-refractivity contribution in [3.05, 3.63) is 29.1 Å². The van der Waals surface area contributed by atoms with Gasteiger partial charge in [-0.25, -0.2) is 0 Å². The Bertz CT molecular complexity index is 233. The van der Waals surface area contributed by atoms with Gasteiger partial charge < -0.3 is 0 Å². The molecule has 1 aromatic rings. The highest BCUT2D eigenvalue weighted by Crippen LogP contribution is 2.08. The predicted octanol–water partition coefficient (Wildman–Crippen LogP) is 3.04. The van der Waals surface area contributed by atoms with Gasteiger partial charge in [0.1, 0.15) is 0 Å². The third kappa shape index (κ3) is 2.65. The Balaban J connectivity index is 2.72. The van der Waals surface area contributed by atoms with Gasteiger partial charge in [-0.1, -0.05) is 13.3 Å². The van der Waals surface area contributed by atoms with E-state index in [2.05, 4.69) is 37.9 Å². The van der Waals surface area contributed by atoms with Crippen LogP contribution in [0.3, 0.4) is 0 Å². The molecule has 66 valence electrons. The van der Waals surface area contributed by atoms with Gasteiger partial charge in [-0.05, 0) is 44.4 Å². The van der Waals surface area contributed by atoms with E-state index >= 15 is 0 Å². The molecule has 0 unspecified atom stereocenters. The van der Waals surface area contributed by atoms with Crippen LogP contribution >= 0.6 is 0 Å². The number of aryl methyl sites for hydroxylation is 3. The molecule has 1 nitrogen and oxygen atoms in total. The van der Waals surface area contributed by atoms with Crippen molar-refractivity contribution >= 4 is 0 Å². The molecule has 0 aliphatic rings. The summed E-state index contributed by atoms with van der Waals surface area (Å²) in [6.07, 6.45) is 3.74. The highest BCUT2D eigenvalue weighted by molar-refractivity contribution is 5.20. The minimum absolute atomic E-state index is 1.14. The van der Waals surface area contributed by atoms with Crippen molar-refractivity contribution in [2.24, 2.45) is 0 Å². The fourth-order valence-electron chi connectivity index (χ4n) is 1.45. The summed E-state index contributed by atoms with van der Waals surface area (Å²) in [5, 5.41) is 0. The van der Waals surface area contributed by atoms with Crippen LogP contribution in [-0.4, -0.2) is 4.98 Å². The van der Waals surface area contributed by atoms with E-state index in [4.69, 9.17) is 0 Å². The van der Waals surface area contributed by atoms with Crippen LogP contribution in [-0.2, 0) is 6.42 Å². The Morgan fingerprint density at radius 2 is 1.75 bits per heavy atom. The standard InChI is InChI=1S/C11H17N/c1-4-5-6-11-7-9(2)12-10(3)8-11/h7-8H,4-6H2,1-3H3. The fourth-order valence-corrected chi connectivity index (χ4v) is 1.45. The molecule has 1 aromatic heterocycles. The van der Waals surface area contributed by atoms with Crippen molar-refractivity contribution in [2.45, 2.75) is 40.0 Å². The zero-order chi connectivity index (χ0) is 8.97. The Kier molecular flexibility index (Phi) is 3.27. The summed E-state index contributed by atoms with van der Waals surface area (Å²) in [5.74, 6) is 0. The molecule has 0 spiro atoms. The number of aromatic nitrogens is 1. The van der Waals surface area contributed by atoms with Crippen molar-refractivity contribution in [3.8, 4) is 0 Å². The molecule has 0 bridgehead atoms. The van der Waals surface area contributed by atoms with Gasteiger partial charge in [-0.15, -0.1) is 0 Å². The van der Waals surface area contributed by atoms with Gasteiger partial charge in [-0.2, -0.15) is 0 Å². The van der Waals surface area contributed by atoms with Crippen molar-refractivity contribution in [3.63, 3.8) is 0 Å². The molecule has 1 heterocycles. The second-order valence-corrected chi connectivity index (χ2v) is 3.36. The lowest BCUT2D eigenvalue weighted by molar-refractivity contribution is 0.791. The van der Waals surface area contributed by atoms with E-state index in [1.165, 1.54) is 24.8 Å². The predicted molar refractivity (Wildman–Crippen MR) is 52.3 cm³/mol. The van der Waals surface area contributed by atoms with Crippen molar-refractivity contribution in [1.29, 1.82) is 0 Å². The van der Waals surface area contributed by atoms with E-state index in [1.807, 2.05) is 0 Å². The average molecular weight is 163 g/mol. The first-order valence-electron chi connectivity index (χ1n) is 4.66. The van der Waals surface area contributed by atoms with Crippen LogP contribution in [0.15, 0.2) is 12.1 Å². The highest BCUT2D eigenvalue weighted by Gasteiger charge is 1.95. The van der Waals surface area contributed by atoms with Gasteiger partial charge in [0, 0.05) is 11.4 Å². The Morgan fingerprint density at radius 3 is 2.25 bits per heavy atom. The second-order valence-electron chi connectivity index (χ2n) is 3.36. The Hall–Kier alpha value is -0.850. The molecule has 0 saturated heterocycles. The number of hydrogen-bond acceptors (Lipinski definition) is 1. The van der Waals surface area contributed by atoms with E-state index in [1.54, 1.807) is 0 Å². The van der Waals surface area contributed by atoms with Crippen LogP contribution in [0.2, 0.25) is 0 Å². The van der Waals surface area contributed by atoms with Crippen LogP contribution in [0.4, 0.5) is 0 Å². The molecule has 0 aliphatic carbocycles. The van der Waals surface area contributed by atoms with Crippen LogP contribution in [0.25, 0.3) is 0 Å². The molecule has 0 N–H and O–H groups in total. The lowest BCUT2D eigenvalue weighted by atomic mass is 10.1. The van der Waals surface area contributed by atoms with Gasteiger partial charge in [0.2, 0.25) is 0 Å². The molecule has 0 radical (unpaired) electrons. The largest absolute Gasteiger partial charge is 0.258 e. The quantitative estimate of drug-likeness (QED) is 0.667.